The zero-order valence-corrected chi connectivity index (χ0v) is 12.7. The van der Waals surface area contributed by atoms with Gasteiger partial charge in [-0.2, -0.15) is 0 Å². The van der Waals surface area contributed by atoms with Crippen LogP contribution in [-0.2, 0) is 6.42 Å². The van der Waals surface area contributed by atoms with Crippen LogP contribution in [0.15, 0.2) is 40.9 Å². The number of amides is 1. The Balaban J connectivity index is 2.05. The second kappa shape index (κ2) is 5.58. The number of nitrogens with one attached hydrogen (secondary N) is 1. The van der Waals surface area contributed by atoms with Gasteiger partial charge in [-0.15, -0.1) is 0 Å². The quantitative estimate of drug-likeness (QED) is 0.875. The number of aliphatic hydroxyl groups is 1. The molecule has 1 aliphatic heterocycles. The first-order valence-corrected chi connectivity index (χ1v) is 7.40. The Bertz CT molecular complexity index is 697. The van der Waals surface area contributed by atoms with Crippen molar-refractivity contribution in [2.75, 3.05) is 6.54 Å². The molecule has 2 aromatic rings. The summed E-state index contributed by atoms with van der Waals surface area (Å²) in [6, 6.07) is 9.73. The minimum Gasteiger partial charge on any atom is -0.384 e. The van der Waals surface area contributed by atoms with Gasteiger partial charge in [-0.25, -0.2) is 4.39 Å². The summed E-state index contributed by atoms with van der Waals surface area (Å²) in [6.07, 6.45) is -0.360. The highest BCUT2D eigenvalue weighted by atomic mass is 79.9. The van der Waals surface area contributed by atoms with E-state index in [0.29, 0.717) is 22.1 Å². The van der Waals surface area contributed by atoms with Crippen molar-refractivity contribution in [1.82, 2.24) is 5.32 Å². The lowest BCUT2D eigenvalue weighted by Gasteiger charge is -2.20. The molecule has 0 aliphatic carbocycles. The van der Waals surface area contributed by atoms with E-state index in [2.05, 4.69) is 21.2 Å². The number of fused-ring (bicyclic) bond motifs is 1. The maximum atomic E-state index is 13.9. The molecular weight excluding hydrogens is 337 g/mol. The second-order valence-corrected chi connectivity index (χ2v) is 5.81. The number of hydrogen-bond acceptors (Lipinski definition) is 2. The van der Waals surface area contributed by atoms with E-state index in [9.17, 15) is 14.3 Å². The normalized spacial score (nSPS) is 15.3. The van der Waals surface area contributed by atoms with Crippen LogP contribution in [0.3, 0.4) is 0 Å². The van der Waals surface area contributed by atoms with Crippen LogP contribution in [0.4, 0.5) is 4.39 Å². The summed E-state index contributed by atoms with van der Waals surface area (Å²) in [5.74, 6) is -0.642. The maximum Gasteiger partial charge on any atom is 0.251 e. The first kappa shape index (κ1) is 14.2. The zero-order chi connectivity index (χ0) is 15.0. The number of carbonyl (C=O) groups excluding carboxylic acids is 1. The Hall–Kier alpha value is -1.72. The number of rotatable bonds is 2. The van der Waals surface area contributed by atoms with Gasteiger partial charge in [0.1, 0.15) is 11.9 Å². The molecule has 1 atom stereocenters. The van der Waals surface area contributed by atoms with E-state index in [-0.39, 0.29) is 11.5 Å². The van der Waals surface area contributed by atoms with Crippen molar-refractivity contribution >= 4 is 21.8 Å². The third-order valence-electron chi connectivity index (χ3n) is 3.65. The third kappa shape index (κ3) is 2.59. The molecule has 1 aliphatic rings. The standard InChI is InChI=1S/C16H13BrFNO2/c17-12-2-1-3-13(18)14(12)15(20)10-5-4-9-6-7-19-16(21)11(9)8-10/h1-5,8,15,20H,6-7H2,(H,19,21). The van der Waals surface area contributed by atoms with Crippen molar-refractivity contribution < 1.29 is 14.3 Å². The molecule has 0 aromatic heterocycles. The van der Waals surface area contributed by atoms with Gasteiger partial charge in [0.15, 0.2) is 0 Å². The van der Waals surface area contributed by atoms with Crippen LogP contribution in [0.1, 0.15) is 33.2 Å². The summed E-state index contributed by atoms with van der Waals surface area (Å²) >= 11 is 3.25. The average molecular weight is 350 g/mol. The topological polar surface area (TPSA) is 49.3 Å². The van der Waals surface area contributed by atoms with Crippen LogP contribution < -0.4 is 5.32 Å². The zero-order valence-electron chi connectivity index (χ0n) is 11.1. The van der Waals surface area contributed by atoms with E-state index in [1.807, 2.05) is 6.07 Å². The number of halogens is 2. The lowest BCUT2D eigenvalue weighted by Crippen LogP contribution is -2.31. The lowest BCUT2D eigenvalue weighted by molar-refractivity contribution is 0.0945. The maximum absolute atomic E-state index is 13.9. The Morgan fingerprint density at radius 2 is 2.10 bits per heavy atom. The number of carbonyl (C=O) groups is 1. The number of aliphatic hydroxyl groups excluding tert-OH is 1. The Morgan fingerprint density at radius 1 is 1.29 bits per heavy atom. The smallest absolute Gasteiger partial charge is 0.251 e. The van der Waals surface area contributed by atoms with E-state index in [1.165, 1.54) is 6.07 Å². The van der Waals surface area contributed by atoms with Gasteiger partial charge >= 0.3 is 0 Å². The molecule has 2 N–H and O–H groups in total. The van der Waals surface area contributed by atoms with Crippen LogP contribution in [0.25, 0.3) is 0 Å². The monoisotopic (exact) mass is 349 g/mol. The van der Waals surface area contributed by atoms with Crippen LogP contribution in [0.2, 0.25) is 0 Å². The molecule has 0 bridgehead atoms. The van der Waals surface area contributed by atoms with Gasteiger partial charge in [0.05, 0.1) is 0 Å². The largest absolute Gasteiger partial charge is 0.384 e. The molecule has 1 amide bonds. The third-order valence-corrected chi connectivity index (χ3v) is 4.34. The Kier molecular flexibility index (Phi) is 3.78. The minimum atomic E-state index is -1.12. The molecule has 0 saturated carbocycles. The van der Waals surface area contributed by atoms with E-state index in [1.54, 1.807) is 24.3 Å². The second-order valence-electron chi connectivity index (χ2n) is 4.96. The summed E-state index contributed by atoms with van der Waals surface area (Å²) in [7, 11) is 0. The predicted molar refractivity (Wildman–Crippen MR) is 80.6 cm³/mol. The van der Waals surface area contributed by atoms with Gasteiger partial charge in [0.2, 0.25) is 0 Å². The van der Waals surface area contributed by atoms with Crippen LogP contribution in [0.5, 0.6) is 0 Å². The van der Waals surface area contributed by atoms with Crippen LogP contribution >= 0.6 is 15.9 Å². The summed E-state index contributed by atoms with van der Waals surface area (Å²) in [4.78, 5) is 11.9. The van der Waals surface area contributed by atoms with Gasteiger partial charge in [-0.05, 0) is 35.7 Å². The fraction of sp³-hybridized carbons (Fsp3) is 0.188. The SMILES string of the molecule is O=C1NCCc2ccc(C(O)c3c(F)cccc3Br)cc21. The van der Waals surface area contributed by atoms with Gasteiger partial charge in [0.25, 0.3) is 5.91 Å². The summed E-state index contributed by atoms with van der Waals surface area (Å²) in [6.45, 7) is 0.618. The number of hydrogen-bond donors (Lipinski definition) is 2. The fourth-order valence-corrected chi connectivity index (χ4v) is 3.10. The van der Waals surface area contributed by atoms with Gasteiger partial charge in [-0.1, -0.05) is 34.1 Å². The first-order valence-electron chi connectivity index (χ1n) is 6.61. The van der Waals surface area contributed by atoms with Crippen molar-refractivity contribution in [3.05, 3.63) is 68.9 Å². The van der Waals surface area contributed by atoms with Crippen molar-refractivity contribution in [2.45, 2.75) is 12.5 Å². The van der Waals surface area contributed by atoms with Crippen molar-refractivity contribution in [3.8, 4) is 0 Å². The average Bonchev–Trinajstić information content (AvgIpc) is 2.47. The van der Waals surface area contributed by atoms with E-state index in [4.69, 9.17) is 0 Å². The molecule has 0 spiro atoms. The van der Waals surface area contributed by atoms with Crippen molar-refractivity contribution in [3.63, 3.8) is 0 Å². The Morgan fingerprint density at radius 3 is 2.86 bits per heavy atom. The minimum absolute atomic E-state index is 0.155. The molecule has 3 rings (SSSR count). The molecule has 1 heterocycles. The van der Waals surface area contributed by atoms with Crippen molar-refractivity contribution in [1.29, 1.82) is 0 Å². The molecule has 0 fully saturated rings. The molecule has 21 heavy (non-hydrogen) atoms. The van der Waals surface area contributed by atoms with Gasteiger partial charge < -0.3 is 10.4 Å². The molecule has 5 heteroatoms. The van der Waals surface area contributed by atoms with Gasteiger partial charge in [-0.3, -0.25) is 4.79 Å². The molecule has 0 saturated heterocycles. The summed E-state index contributed by atoms with van der Waals surface area (Å²) < 4.78 is 14.4. The molecule has 1 unspecified atom stereocenters. The van der Waals surface area contributed by atoms with Crippen molar-refractivity contribution in [2.24, 2.45) is 0 Å². The Labute approximate surface area is 129 Å². The molecular formula is C16H13BrFNO2. The molecule has 2 aromatic carbocycles. The lowest BCUT2D eigenvalue weighted by atomic mass is 9.93. The van der Waals surface area contributed by atoms with E-state index < -0.39 is 11.9 Å². The summed E-state index contributed by atoms with van der Waals surface area (Å²) in [5.41, 5.74) is 2.16. The van der Waals surface area contributed by atoms with Crippen LogP contribution in [0, 0.1) is 5.82 Å². The highest BCUT2D eigenvalue weighted by Gasteiger charge is 2.22. The highest BCUT2D eigenvalue weighted by molar-refractivity contribution is 9.10. The molecule has 0 radical (unpaired) electrons. The van der Waals surface area contributed by atoms with Gasteiger partial charge in [0, 0.05) is 22.1 Å². The first-order chi connectivity index (χ1) is 10.1. The predicted octanol–water partition coefficient (Wildman–Crippen LogP) is 2.96. The fourth-order valence-electron chi connectivity index (χ4n) is 2.54. The molecule has 3 nitrogen and oxygen atoms in total. The molecule has 108 valence electrons. The van der Waals surface area contributed by atoms with E-state index >= 15 is 0 Å². The van der Waals surface area contributed by atoms with Crippen LogP contribution in [-0.4, -0.2) is 17.6 Å². The van der Waals surface area contributed by atoms with E-state index in [0.717, 1.165) is 12.0 Å². The number of benzene rings is 2. The highest BCUT2D eigenvalue weighted by Crippen LogP contribution is 2.32. The summed E-state index contributed by atoms with van der Waals surface area (Å²) in [5, 5.41) is 13.2.